The highest BCUT2D eigenvalue weighted by atomic mass is 35.5. The summed E-state index contributed by atoms with van der Waals surface area (Å²) in [5, 5.41) is 11.3. The number of benzene rings is 2. The second-order valence-corrected chi connectivity index (χ2v) is 5.01. The molecule has 0 fully saturated rings. The van der Waals surface area contributed by atoms with Crippen LogP contribution in [0.1, 0.15) is 24.9 Å². The molecule has 0 spiro atoms. The van der Waals surface area contributed by atoms with Crippen molar-refractivity contribution in [2.75, 3.05) is 0 Å². The van der Waals surface area contributed by atoms with Crippen LogP contribution < -0.4 is 5.73 Å². The molecule has 108 valence electrons. The van der Waals surface area contributed by atoms with Gasteiger partial charge in [0.25, 0.3) is 0 Å². The van der Waals surface area contributed by atoms with Crippen molar-refractivity contribution in [3.05, 3.63) is 48.0 Å². The molecule has 0 bridgehead atoms. The van der Waals surface area contributed by atoms with Crippen molar-refractivity contribution in [3.8, 4) is 6.07 Å². The van der Waals surface area contributed by atoms with E-state index >= 15 is 0 Å². The summed E-state index contributed by atoms with van der Waals surface area (Å²) in [6.45, 7) is 3.09. The maximum Gasteiger partial charge on any atom is 0.0641 e. The van der Waals surface area contributed by atoms with E-state index in [1.807, 2.05) is 6.07 Å². The van der Waals surface area contributed by atoms with E-state index in [-0.39, 0.29) is 18.4 Å². The van der Waals surface area contributed by atoms with Gasteiger partial charge in [0.05, 0.1) is 12.5 Å². The van der Waals surface area contributed by atoms with E-state index in [0.717, 1.165) is 12.1 Å². The van der Waals surface area contributed by atoms with Crippen LogP contribution in [-0.2, 0) is 6.54 Å². The molecule has 0 unspecified atom stereocenters. The summed E-state index contributed by atoms with van der Waals surface area (Å²) >= 11 is 0. The molecule has 2 N–H and O–H groups in total. The largest absolute Gasteiger partial charge is 0.341 e. The predicted molar refractivity (Wildman–Crippen MR) is 89.5 cm³/mol. The minimum atomic E-state index is -0.215. The van der Waals surface area contributed by atoms with Crippen molar-refractivity contribution in [1.29, 1.82) is 5.26 Å². The summed E-state index contributed by atoms with van der Waals surface area (Å²) < 4.78 is 2.31. The zero-order valence-corrected chi connectivity index (χ0v) is 12.7. The summed E-state index contributed by atoms with van der Waals surface area (Å²) in [6.07, 6.45) is 0.345. The fourth-order valence-corrected chi connectivity index (χ4v) is 2.86. The zero-order valence-electron chi connectivity index (χ0n) is 11.9. The van der Waals surface area contributed by atoms with E-state index in [0.29, 0.717) is 6.42 Å². The Bertz CT molecular complexity index is 814. The van der Waals surface area contributed by atoms with Gasteiger partial charge in [0.1, 0.15) is 0 Å². The molecule has 0 aliphatic rings. The lowest BCUT2D eigenvalue weighted by Gasteiger charge is -2.08. The summed E-state index contributed by atoms with van der Waals surface area (Å²) in [5.41, 5.74) is 9.55. The molecule has 21 heavy (non-hydrogen) atoms. The van der Waals surface area contributed by atoms with E-state index in [4.69, 9.17) is 11.0 Å². The number of nitrogens with two attached hydrogens (primary N) is 1. The first-order chi connectivity index (χ1) is 9.76. The smallest absolute Gasteiger partial charge is 0.0641 e. The first kappa shape index (κ1) is 15.4. The third-order valence-electron chi connectivity index (χ3n) is 3.85. The number of nitriles is 1. The fraction of sp³-hybridized carbons (Fsp3) is 0.235. The Morgan fingerprint density at radius 2 is 1.86 bits per heavy atom. The molecule has 1 atom stereocenters. The number of rotatable bonds is 3. The summed E-state index contributed by atoms with van der Waals surface area (Å²) in [6, 6.07) is 16.6. The molecule has 0 aliphatic carbocycles. The molecule has 0 radical (unpaired) electrons. The van der Waals surface area contributed by atoms with E-state index in [2.05, 4.69) is 54.0 Å². The highest BCUT2D eigenvalue weighted by Crippen LogP contribution is 2.31. The van der Waals surface area contributed by atoms with Crippen LogP contribution in [0.2, 0.25) is 0 Å². The molecule has 1 heterocycles. The number of hydrogen-bond donors (Lipinski definition) is 1. The van der Waals surface area contributed by atoms with Gasteiger partial charge in [0.15, 0.2) is 0 Å². The van der Waals surface area contributed by atoms with Gasteiger partial charge in [0.2, 0.25) is 0 Å². The summed E-state index contributed by atoms with van der Waals surface area (Å²) in [4.78, 5) is 0. The van der Waals surface area contributed by atoms with Crippen molar-refractivity contribution >= 4 is 34.2 Å². The Hall–Kier alpha value is -2.02. The average molecular weight is 300 g/mol. The Kier molecular flexibility index (Phi) is 4.52. The van der Waals surface area contributed by atoms with E-state index in [1.165, 1.54) is 21.8 Å². The SMILES string of the molecule is CCn1c2ccccc2c2cc([C@H](N)CC#N)ccc21.Cl. The third-order valence-corrected chi connectivity index (χ3v) is 3.85. The van der Waals surface area contributed by atoms with Crippen molar-refractivity contribution in [2.45, 2.75) is 25.9 Å². The number of para-hydroxylation sites is 1. The van der Waals surface area contributed by atoms with Crippen LogP contribution in [0, 0.1) is 11.3 Å². The number of aryl methyl sites for hydroxylation is 1. The molecule has 0 saturated heterocycles. The minimum absolute atomic E-state index is 0. The number of nitrogens with zero attached hydrogens (tertiary/aromatic N) is 2. The molecular weight excluding hydrogens is 282 g/mol. The molecule has 3 rings (SSSR count). The molecule has 0 amide bonds. The molecule has 4 heteroatoms. The minimum Gasteiger partial charge on any atom is -0.341 e. The number of fused-ring (bicyclic) bond motifs is 3. The van der Waals surface area contributed by atoms with Crippen LogP contribution in [0.4, 0.5) is 0 Å². The van der Waals surface area contributed by atoms with Gasteiger partial charge in [-0.25, -0.2) is 0 Å². The van der Waals surface area contributed by atoms with E-state index in [9.17, 15) is 0 Å². The van der Waals surface area contributed by atoms with E-state index in [1.54, 1.807) is 0 Å². The fourth-order valence-electron chi connectivity index (χ4n) is 2.86. The summed E-state index contributed by atoms with van der Waals surface area (Å²) in [7, 11) is 0. The van der Waals surface area contributed by atoms with Gasteiger partial charge in [-0.3, -0.25) is 0 Å². The van der Waals surface area contributed by atoms with Crippen LogP contribution in [0.3, 0.4) is 0 Å². The van der Waals surface area contributed by atoms with Gasteiger partial charge in [0, 0.05) is 34.4 Å². The quantitative estimate of drug-likeness (QED) is 0.790. The lowest BCUT2D eigenvalue weighted by atomic mass is 10.0. The Balaban J connectivity index is 0.00000161. The standard InChI is InChI=1S/C17H17N3.ClH/c1-2-20-16-6-4-3-5-13(16)14-11-12(7-8-17(14)20)15(19)9-10-18;/h3-8,11,15H,2,9,19H2,1H3;1H/t15-;/m1./s1. The monoisotopic (exact) mass is 299 g/mol. The predicted octanol–water partition coefficient (Wildman–Crippen LogP) is 4.15. The maximum absolute atomic E-state index is 8.79. The van der Waals surface area contributed by atoms with Gasteiger partial charge in [-0.15, -0.1) is 12.4 Å². The molecule has 0 saturated carbocycles. The van der Waals surface area contributed by atoms with Crippen molar-refractivity contribution in [3.63, 3.8) is 0 Å². The van der Waals surface area contributed by atoms with Crippen LogP contribution >= 0.6 is 12.4 Å². The van der Waals surface area contributed by atoms with Crippen LogP contribution in [0.15, 0.2) is 42.5 Å². The Labute approximate surface area is 130 Å². The number of halogens is 1. The highest BCUT2D eigenvalue weighted by Gasteiger charge is 2.12. The molecule has 1 aromatic heterocycles. The molecule has 0 aliphatic heterocycles. The summed E-state index contributed by atoms with van der Waals surface area (Å²) in [5.74, 6) is 0. The van der Waals surface area contributed by atoms with Gasteiger partial charge >= 0.3 is 0 Å². The zero-order chi connectivity index (χ0) is 14.1. The lowest BCUT2D eigenvalue weighted by molar-refractivity contribution is 0.749. The van der Waals surface area contributed by atoms with Gasteiger partial charge < -0.3 is 10.3 Å². The van der Waals surface area contributed by atoms with Crippen molar-refractivity contribution < 1.29 is 0 Å². The van der Waals surface area contributed by atoms with E-state index < -0.39 is 0 Å². The van der Waals surface area contributed by atoms with Crippen molar-refractivity contribution in [2.24, 2.45) is 5.73 Å². The second kappa shape index (κ2) is 6.17. The second-order valence-electron chi connectivity index (χ2n) is 5.01. The van der Waals surface area contributed by atoms with Gasteiger partial charge in [-0.05, 0) is 30.7 Å². The first-order valence-corrected chi connectivity index (χ1v) is 6.89. The van der Waals surface area contributed by atoms with Crippen LogP contribution in [0.25, 0.3) is 21.8 Å². The molecule has 2 aromatic carbocycles. The van der Waals surface area contributed by atoms with Gasteiger partial charge in [-0.1, -0.05) is 24.3 Å². The lowest BCUT2D eigenvalue weighted by Crippen LogP contribution is -2.08. The Morgan fingerprint density at radius 3 is 2.57 bits per heavy atom. The number of aromatic nitrogens is 1. The highest BCUT2D eigenvalue weighted by molar-refractivity contribution is 6.08. The normalized spacial score (nSPS) is 12.0. The maximum atomic E-state index is 8.79. The van der Waals surface area contributed by atoms with Crippen LogP contribution in [-0.4, -0.2) is 4.57 Å². The number of hydrogen-bond acceptors (Lipinski definition) is 2. The first-order valence-electron chi connectivity index (χ1n) is 6.89. The molecular formula is C17H18ClN3. The molecule has 3 nitrogen and oxygen atoms in total. The average Bonchev–Trinajstić information content (AvgIpc) is 2.80. The topological polar surface area (TPSA) is 54.7 Å². The molecule has 3 aromatic rings. The Morgan fingerprint density at radius 1 is 1.14 bits per heavy atom. The third kappa shape index (κ3) is 2.49. The van der Waals surface area contributed by atoms with Gasteiger partial charge in [-0.2, -0.15) is 5.26 Å². The van der Waals surface area contributed by atoms with Crippen LogP contribution in [0.5, 0.6) is 0 Å². The van der Waals surface area contributed by atoms with Crippen molar-refractivity contribution in [1.82, 2.24) is 4.57 Å².